The van der Waals surface area contributed by atoms with Gasteiger partial charge in [0.05, 0.1) is 7.11 Å². The van der Waals surface area contributed by atoms with Gasteiger partial charge >= 0.3 is 5.97 Å². The Morgan fingerprint density at radius 3 is 2.61 bits per heavy atom. The molecular weight excluding hydrogens is 292 g/mol. The lowest BCUT2D eigenvalue weighted by Gasteiger charge is -2.23. The first kappa shape index (κ1) is 16.0. The van der Waals surface area contributed by atoms with E-state index in [1.165, 1.54) is 7.11 Å². The van der Waals surface area contributed by atoms with Crippen molar-refractivity contribution in [2.75, 3.05) is 25.5 Å². The number of piperidine rings is 1. The monoisotopic (exact) mass is 316 g/mol. The number of methoxy groups -OCH3 is 1. The van der Waals surface area contributed by atoms with Crippen LogP contribution in [0.3, 0.4) is 0 Å². The molecule has 1 spiro atoms. The van der Waals surface area contributed by atoms with E-state index < -0.39 is 0 Å². The van der Waals surface area contributed by atoms with Crippen LogP contribution in [0, 0.1) is 11.3 Å². The third-order valence-corrected chi connectivity index (χ3v) is 5.17. The van der Waals surface area contributed by atoms with Gasteiger partial charge < -0.3 is 15.4 Å². The molecule has 1 saturated carbocycles. The molecule has 1 amide bonds. The fourth-order valence-corrected chi connectivity index (χ4v) is 3.53. The van der Waals surface area contributed by atoms with E-state index >= 15 is 0 Å². The largest absolute Gasteiger partial charge is 0.469 e. The predicted molar refractivity (Wildman–Crippen MR) is 88.1 cm³/mol. The van der Waals surface area contributed by atoms with Crippen LogP contribution in [0.4, 0.5) is 5.69 Å². The van der Waals surface area contributed by atoms with Crippen molar-refractivity contribution in [3.8, 4) is 0 Å². The number of rotatable bonds is 5. The summed E-state index contributed by atoms with van der Waals surface area (Å²) in [5, 5.41) is 6.38. The van der Waals surface area contributed by atoms with Crippen molar-refractivity contribution < 1.29 is 14.3 Å². The van der Waals surface area contributed by atoms with Gasteiger partial charge in [0.1, 0.15) is 0 Å². The lowest BCUT2D eigenvalue weighted by Crippen LogP contribution is -2.31. The number of aryl methyl sites for hydroxylation is 1. The Morgan fingerprint density at radius 1 is 1.26 bits per heavy atom. The molecule has 1 aromatic rings. The van der Waals surface area contributed by atoms with Gasteiger partial charge in [0.2, 0.25) is 5.91 Å². The Morgan fingerprint density at radius 2 is 1.96 bits per heavy atom. The number of ether oxygens (including phenoxy) is 1. The van der Waals surface area contributed by atoms with E-state index in [-0.39, 0.29) is 23.2 Å². The van der Waals surface area contributed by atoms with Gasteiger partial charge in [0.25, 0.3) is 0 Å². The molecule has 2 N–H and O–H groups in total. The average Bonchev–Trinajstić information content (AvgIpc) is 3.27. The second-order valence-corrected chi connectivity index (χ2v) is 6.63. The van der Waals surface area contributed by atoms with Crippen LogP contribution in [0.25, 0.3) is 0 Å². The Hall–Kier alpha value is -1.88. The molecule has 1 saturated heterocycles. The Kier molecular flexibility index (Phi) is 4.66. The zero-order valence-corrected chi connectivity index (χ0v) is 13.6. The summed E-state index contributed by atoms with van der Waals surface area (Å²) in [6.45, 7) is 2.05. The van der Waals surface area contributed by atoms with Gasteiger partial charge in [-0.15, -0.1) is 0 Å². The first-order valence-electron chi connectivity index (χ1n) is 8.30. The van der Waals surface area contributed by atoms with Crippen LogP contribution >= 0.6 is 0 Å². The van der Waals surface area contributed by atoms with Crippen LogP contribution in [0.2, 0.25) is 0 Å². The molecule has 1 unspecified atom stereocenters. The average molecular weight is 316 g/mol. The van der Waals surface area contributed by atoms with Crippen molar-refractivity contribution in [1.29, 1.82) is 0 Å². The zero-order valence-electron chi connectivity index (χ0n) is 13.6. The quantitative estimate of drug-likeness (QED) is 0.817. The molecule has 1 aromatic carbocycles. The van der Waals surface area contributed by atoms with Gasteiger partial charge in [0.15, 0.2) is 0 Å². The highest BCUT2D eigenvalue weighted by Crippen LogP contribution is 2.58. The smallest absolute Gasteiger partial charge is 0.305 e. The second kappa shape index (κ2) is 6.71. The van der Waals surface area contributed by atoms with E-state index in [1.54, 1.807) is 0 Å². The van der Waals surface area contributed by atoms with E-state index in [9.17, 15) is 9.59 Å². The van der Waals surface area contributed by atoms with Crippen LogP contribution in [-0.2, 0) is 20.7 Å². The van der Waals surface area contributed by atoms with E-state index in [0.29, 0.717) is 12.8 Å². The van der Waals surface area contributed by atoms with Crippen molar-refractivity contribution >= 4 is 17.6 Å². The summed E-state index contributed by atoms with van der Waals surface area (Å²) in [7, 11) is 1.40. The van der Waals surface area contributed by atoms with Gasteiger partial charge in [-0.2, -0.15) is 0 Å². The third-order valence-electron chi connectivity index (χ3n) is 5.17. The first-order chi connectivity index (χ1) is 11.1. The summed E-state index contributed by atoms with van der Waals surface area (Å²) < 4.78 is 4.64. The van der Waals surface area contributed by atoms with Crippen LogP contribution in [0.1, 0.15) is 31.2 Å². The predicted octanol–water partition coefficient (Wildman–Crippen LogP) is 2.12. The molecule has 1 aliphatic carbocycles. The Labute approximate surface area is 136 Å². The van der Waals surface area contributed by atoms with Crippen LogP contribution < -0.4 is 10.6 Å². The molecule has 2 aliphatic rings. The van der Waals surface area contributed by atoms with Gasteiger partial charge in [-0.1, -0.05) is 12.1 Å². The normalized spacial score (nSPS) is 21.7. The maximum Gasteiger partial charge on any atom is 0.305 e. The van der Waals surface area contributed by atoms with Gasteiger partial charge in [-0.3, -0.25) is 9.59 Å². The molecule has 23 heavy (non-hydrogen) atoms. The van der Waals surface area contributed by atoms with Crippen molar-refractivity contribution in [1.82, 2.24) is 5.32 Å². The van der Waals surface area contributed by atoms with Crippen molar-refractivity contribution in [3.63, 3.8) is 0 Å². The number of amides is 1. The van der Waals surface area contributed by atoms with Crippen molar-refractivity contribution in [3.05, 3.63) is 29.8 Å². The fourth-order valence-electron chi connectivity index (χ4n) is 3.53. The number of carbonyl (C=O) groups excluding carboxylic acids is 2. The molecule has 0 bridgehead atoms. The van der Waals surface area contributed by atoms with Gasteiger partial charge in [-0.05, 0) is 61.9 Å². The SMILES string of the molecule is COC(=O)CCc1ccc(NC(=O)C2CC23CCNCC3)cc1. The highest BCUT2D eigenvalue weighted by Gasteiger charge is 2.57. The summed E-state index contributed by atoms with van der Waals surface area (Å²) in [5.74, 6) is 0.112. The molecule has 2 fully saturated rings. The minimum absolute atomic E-state index is 0.147. The molecule has 3 rings (SSSR count). The minimum atomic E-state index is -0.205. The van der Waals surface area contributed by atoms with Crippen LogP contribution in [0.15, 0.2) is 24.3 Å². The molecular formula is C18H24N2O3. The van der Waals surface area contributed by atoms with Crippen molar-refractivity contribution in [2.24, 2.45) is 11.3 Å². The van der Waals surface area contributed by atoms with Crippen molar-refractivity contribution in [2.45, 2.75) is 32.1 Å². The number of benzene rings is 1. The van der Waals surface area contributed by atoms with E-state index in [1.807, 2.05) is 24.3 Å². The number of anilines is 1. The Balaban J connectivity index is 1.50. The molecule has 1 heterocycles. The topological polar surface area (TPSA) is 67.4 Å². The van der Waals surface area contributed by atoms with Gasteiger partial charge in [0, 0.05) is 18.0 Å². The third kappa shape index (κ3) is 3.72. The maximum absolute atomic E-state index is 12.4. The minimum Gasteiger partial charge on any atom is -0.469 e. The molecule has 124 valence electrons. The molecule has 0 aromatic heterocycles. The summed E-state index contributed by atoms with van der Waals surface area (Å²) in [6.07, 6.45) is 4.27. The Bertz CT molecular complexity index is 576. The standard InChI is InChI=1S/C18H24N2O3/c1-23-16(21)7-4-13-2-5-14(6-3-13)20-17(22)15-12-18(15)8-10-19-11-9-18/h2-3,5-6,15,19H,4,7-12H2,1H3,(H,20,22). The molecule has 1 aliphatic heterocycles. The van der Waals surface area contributed by atoms with E-state index in [0.717, 1.165) is 43.6 Å². The first-order valence-corrected chi connectivity index (χ1v) is 8.30. The number of hydrogen-bond acceptors (Lipinski definition) is 4. The highest BCUT2D eigenvalue weighted by atomic mass is 16.5. The molecule has 1 atom stereocenters. The summed E-state index contributed by atoms with van der Waals surface area (Å²) in [4.78, 5) is 23.5. The second-order valence-electron chi connectivity index (χ2n) is 6.63. The summed E-state index contributed by atoms with van der Waals surface area (Å²) >= 11 is 0. The number of carbonyl (C=O) groups is 2. The van der Waals surface area contributed by atoms with Crippen LogP contribution in [0.5, 0.6) is 0 Å². The van der Waals surface area contributed by atoms with E-state index in [4.69, 9.17) is 0 Å². The highest BCUT2D eigenvalue weighted by molar-refractivity contribution is 5.95. The molecule has 5 nitrogen and oxygen atoms in total. The summed E-state index contributed by atoms with van der Waals surface area (Å²) in [6, 6.07) is 7.71. The summed E-state index contributed by atoms with van der Waals surface area (Å²) in [5.41, 5.74) is 2.15. The van der Waals surface area contributed by atoms with Crippen LogP contribution in [-0.4, -0.2) is 32.1 Å². The number of hydrogen-bond donors (Lipinski definition) is 2. The number of esters is 1. The van der Waals surface area contributed by atoms with E-state index in [2.05, 4.69) is 15.4 Å². The number of nitrogens with one attached hydrogen (secondary N) is 2. The van der Waals surface area contributed by atoms with Gasteiger partial charge in [-0.25, -0.2) is 0 Å². The maximum atomic E-state index is 12.4. The lowest BCUT2D eigenvalue weighted by molar-refractivity contribution is -0.140. The molecule has 5 heteroatoms. The lowest BCUT2D eigenvalue weighted by atomic mass is 9.92. The molecule has 0 radical (unpaired) electrons. The zero-order chi connectivity index (χ0) is 16.3. The fraction of sp³-hybridized carbons (Fsp3) is 0.556.